The molecule has 0 N–H and O–H groups in total. The predicted molar refractivity (Wildman–Crippen MR) is 95.8 cm³/mol. The van der Waals surface area contributed by atoms with Crippen LogP contribution in [0, 0.1) is 27.7 Å². The lowest BCUT2D eigenvalue weighted by Crippen LogP contribution is -2.14. The van der Waals surface area contributed by atoms with E-state index in [2.05, 4.69) is 15.1 Å². The van der Waals surface area contributed by atoms with Gasteiger partial charge in [0.15, 0.2) is 5.78 Å². The van der Waals surface area contributed by atoms with Crippen molar-refractivity contribution >= 4 is 23.3 Å². The summed E-state index contributed by atoms with van der Waals surface area (Å²) in [5.41, 5.74) is 4.92. The van der Waals surface area contributed by atoms with E-state index in [0.717, 1.165) is 22.5 Å². The number of nitrogens with zero attached hydrogens (tertiary/aromatic N) is 4. The average Bonchev–Trinajstić information content (AvgIpc) is 2.91. The Bertz CT molecular complexity index is 932. The molecule has 124 valence electrons. The Morgan fingerprint density at radius 2 is 1.83 bits per heavy atom. The first kappa shape index (κ1) is 16.6. The van der Waals surface area contributed by atoms with Gasteiger partial charge in [-0.25, -0.2) is 9.50 Å². The zero-order valence-corrected chi connectivity index (χ0v) is 15.3. The second-order valence-electron chi connectivity index (χ2n) is 6.07. The van der Waals surface area contributed by atoms with Crippen molar-refractivity contribution in [3.05, 3.63) is 52.3 Å². The Kier molecular flexibility index (Phi) is 4.41. The number of aromatic nitrogens is 4. The lowest BCUT2D eigenvalue weighted by Gasteiger charge is -2.09. The van der Waals surface area contributed by atoms with Crippen LogP contribution in [0.4, 0.5) is 0 Å². The Morgan fingerprint density at radius 3 is 2.54 bits per heavy atom. The molecular weight excluding hydrogens is 320 g/mol. The molecule has 0 bridgehead atoms. The summed E-state index contributed by atoms with van der Waals surface area (Å²) in [7, 11) is 0. The number of benzene rings is 1. The maximum Gasteiger partial charge on any atom is 0.253 e. The highest BCUT2D eigenvalue weighted by Crippen LogP contribution is 2.24. The third-order valence-corrected chi connectivity index (χ3v) is 4.99. The third-order valence-electron chi connectivity index (χ3n) is 4.04. The van der Waals surface area contributed by atoms with E-state index in [1.54, 1.807) is 4.52 Å². The van der Waals surface area contributed by atoms with Gasteiger partial charge in [-0.15, -0.1) is 5.10 Å². The van der Waals surface area contributed by atoms with E-state index in [-0.39, 0.29) is 11.0 Å². The average molecular weight is 340 g/mol. The van der Waals surface area contributed by atoms with E-state index in [0.29, 0.717) is 10.9 Å². The summed E-state index contributed by atoms with van der Waals surface area (Å²) in [6, 6.07) is 7.77. The van der Waals surface area contributed by atoms with Gasteiger partial charge in [-0.1, -0.05) is 23.9 Å². The van der Waals surface area contributed by atoms with E-state index in [4.69, 9.17) is 0 Å². The molecule has 0 aliphatic rings. The first-order chi connectivity index (χ1) is 11.3. The molecule has 0 saturated heterocycles. The number of carbonyl (C=O) groups excluding carboxylic acids is 1. The molecule has 2 aromatic heterocycles. The predicted octanol–water partition coefficient (Wildman–Crippen LogP) is 3.72. The number of aryl methyl sites for hydroxylation is 4. The number of thioether (sulfide) groups is 1. The van der Waals surface area contributed by atoms with Crippen LogP contribution in [0.25, 0.3) is 5.78 Å². The van der Waals surface area contributed by atoms with E-state index < -0.39 is 0 Å². The van der Waals surface area contributed by atoms with Crippen molar-refractivity contribution in [1.29, 1.82) is 0 Å². The molecule has 1 atom stereocenters. The van der Waals surface area contributed by atoms with Gasteiger partial charge in [-0.3, -0.25) is 4.79 Å². The maximum atomic E-state index is 12.6. The summed E-state index contributed by atoms with van der Waals surface area (Å²) in [5, 5.41) is 4.77. The van der Waals surface area contributed by atoms with Crippen LogP contribution in [0.2, 0.25) is 0 Å². The van der Waals surface area contributed by atoms with Gasteiger partial charge >= 0.3 is 0 Å². The van der Waals surface area contributed by atoms with Crippen LogP contribution in [0.5, 0.6) is 0 Å². The number of rotatable bonds is 4. The first-order valence-electron chi connectivity index (χ1n) is 7.84. The fraction of sp³-hybridized carbons (Fsp3) is 0.333. The van der Waals surface area contributed by atoms with E-state index in [9.17, 15) is 4.79 Å². The molecule has 1 unspecified atom stereocenters. The zero-order chi connectivity index (χ0) is 17.4. The minimum Gasteiger partial charge on any atom is -0.293 e. The first-order valence-corrected chi connectivity index (χ1v) is 8.72. The number of Topliss-reactive ketones (excluding diaryl/α,β-unsaturated/α-hetero) is 1. The molecule has 0 radical (unpaired) electrons. The Hall–Kier alpha value is -2.21. The zero-order valence-electron chi connectivity index (χ0n) is 14.5. The Morgan fingerprint density at radius 1 is 1.08 bits per heavy atom. The number of hydrogen-bond donors (Lipinski definition) is 0. The lowest BCUT2D eigenvalue weighted by atomic mass is 10.0. The fourth-order valence-corrected chi connectivity index (χ4v) is 3.36. The molecule has 0 fully saturated rings. The molecule has 0 aliphatic carbocycles. The van der Waals surface area contributed by atoms with Gasteiger partial charge in [0.2, 0.25) is 5.16 Å². The molecule has 2 heterocycles. The highest BCUT2D eigenvalue weighted by Gasteiger charge is 2.20. The van der Waals surface area contributed by atoms with Crippen LogP contribution < -0.4 is 0 Å². The molecule has 24 heavy (non-hydrogen) atoms. The fourth-order valence-electron chi connectivity index (χ4n) is 2.54. The van der Waals surface area contributed by atoms with E-state index in [1.165, 1.54) is 17.3 Å². The van der Waals surface area contributed by atoms with Gasteiger partial charge in [0.1, 0.15) is 0 Å². The van der Waals surface area contributed by atoms with Crippen LogP contribution in [0.1, 0.15) is 39.8 Å². The van der Waals surface area contributed by atoms with Crippen LogP contribution in [-0.4, -0.2) is 30.6 Å². The molecule has 5 nitrogen and oxygen atoms in total. The third kappa shape index (κ3) is 3.19. The molecule has 0 amide bonds. The second-order valence-corrected chi connectivity index (χ2v) is 7.38. The molecule has 1 aromatic carbocycles. The van der Waals surface area contributed by atoms with Gasteiger partial charge in [-0.2, -0.15) is 4.98 Å². The molecule has 0 aliphatic heterocycles. The maximum absolute atomic E-state index is 12.6. The summed E-state index contributed by atoms with van der Waals surface area (Å²) in [6.45, 7) is 9.85. The van der Waals surface area contributed by atoms with Gasteiger partial charge in [0.05, 0.1) is 5.25 Å². The Balaban J connectivity index is 1.83. The van der Waals surface area contributed by atoms with Gasteiger partial charge < -0.3 is 0 Å². The largest absolute Gasteiger partial charge is 0.293 e. The summed E-state index contributed by atoms with van der Waals surface area (Å²) >= 11 is 1.36. The molecule has 6 heteroatoms. The summed E-state index contributed by atoms with van der Waals surface area (Å²) in [6.07, 6.45) is 0. The quantitative estimate of drug-likeness (QED) is 0.535. The van der Waals surface area contributed by atoms with Crippen molar-refractivity contribution in [1.82, 2.24) is 19.6 Å². The molecular formula is C18H20N4OS. The highest BCUT2D eigenvalue weighted by atomic mass is 32.2. The van der Waals surface area contributed by atoms with Gasteiger partial charge in [0, 0.05) is 17.0 Å². The number of ketones is 1. The minimum atomic E-state index is -0.258. The van der Waals surface area contributed by atoms with Crippen LogP contribution in [0.15, 0.2) is 29.4 Å². The molecule has 3 rings (SSSR count). The highest BCUT2D eigenvalue weighted by molar-refractivity contribution is 8.00. The topological polar surface area (TPSA) is 60.2 Å². The molecule has 3 aromatic rings. The van der Waals surface area contributed by atoms with E-state index in [1.807, 2.05) is 58.9 Å². The summed E-state index contributed by atoms with van der Waals surface area (Å²) in [4.78, 5) is 21.5. The van der Waals surface area contributed by atoms with Crippen LogP contribution in [-0.2, 0) is 0 Å². The SMILES string of the molecule is Cc1cc(C)n2nc(SC(C)C(=O)c3ccc(C)c(C)c3)nc2n1. The lowest BCUT2D eigenvalue weighted by molar-refractivity contribution is 0.0994. The van der Waals surface area contributed by atoms with Crippen molar-refractivity contribution in [2.45, 2.75) is 45.0 Å². The smallest absolute Gasteiger partial charge is 0.253 e. The monoisotopic (exact) mass is 340 g/mol. The number of hydrogen-bond acceptors (Lipinski definition) is 5. The van der Waals surface area contributed by atoms with Crippen molar-refractivity contribution in [2.75, 3.05) is 0 Å². The van der Waals surface area contributed by atoms with Crippen LogP contribution in [0.3, 0.4) is 0 Å². The van der Waals surface area contributed by atoms with E-state index >= 15 is 0 Å². The number of fused-ring (bicyclic) bond motifs is 1. The second kappa shape index (κ2) is 6.36. The van der Waals surface area contributed by atoms with Crippen molar-refractivity contribution < 1.29 is 4.79 Å². The normalized spacial score (nSPS) is 12.5. The molecule has 0 spiro atoms. The number of carbonyl (C=O) groups is 1. The van der Waals surface area contributed by atoms with Crippen molar-refractivity contribution in [3.8, 4) is 0 Å². The van der Waals surface area contributed by atoms with Crippen molar-refractivity contribution in [2.24, 2.45) is 0 Å². The summed E-state index contributed by atoms with van der Waals surface area (Å²) in [5.74, 6) is 0.656. The molecule has 0 saturated carbocycles. The van der Waals surface area contributed by atoms with Gasteiger partial charge in [-0.05, 0) is 57.9 Å². The van der Waals surface area contributed by atoms with Gasteiger partial charge in [0.25, 0.3) is 5.78 Å². The van der Waals surface area contributed by atoms with Crippen LogP contribution >= 0.6 is 11.8 Å². The standard InChI is InChI=1S/C18H20N4OS/c1-10-6-7-15(8-11(10)2)16(23)14(5)24-18-20-17-19-12(3)9-13(4)22(17)21-18/h6-9,14H,1-5H3. The minimum absolute atomic E-state index is 0.0859. The summed E-state index contributed by atoms with van der Waals surface area (Å²) < 4.78 is 1.71. The van der Waals surface area contributed by atoms with Crippen molar-refractivity contribution in [3.63, 3.8) is 0 Å². The Labute approximate surface area is 145 Å².